The third kappa shape index (κ3) is 3.65. The van der Waals surface area contributed by atoms with E-state index in [0.717, 1.165) is 26.1 Å². The van der Waals surface area contributed by atoms with Crippen LogP contribution in [-0.4, -0.2) is 38.6 Å². The molecule has 14 heavy (non-hydrogen) atoms. The Bertz CT molecular complexity index is 203. The first-order valence-corrected chi connectivity index (χ1v) is 5.42. The Labute approximate surface area is 87.1 Å². The Morgan fingerprint density at radius 3 is 2.71 bits per heavy atom. The summed E-state index contributed by atoms with van der Waals surface area (Å²) >= 11 is 0. The van der Waals surface area contributed by atoms with Crippen LogP contribution >= 0.6 is 0 Å². The molecule has 0 unspecified atom stereocenters. The third-order valence-electron chi connectivity index (χ3n) is 2.98. The van der Waals surface area contributed by atoms with E-state index in [-0.39, 0.29) is 0 Å². The van der Waals surface area contributed by atoms with E-state index in [1.807, 2.05) is 7.05 Å². The summed E-state index contributed by atoms with van der Waals surface area (Å²) in [5.41, 5.74) is 0.364. The zero-order valence-corrected chi connectivity index (χ0v) is 9.34. The fraction of sp³-hybridized carbons (Fsp3) is 0.909. The summed E-state index contributed by atoms with van der Waals surface area (Å²) in [4.78, 5) is 2.36. The van der Waals surface area contributed by atoms with Crippen LogP contribution < -0.4 is 5.32 Å². The molecule has 0 amide bonds. The molecule has 1 N–H and O–H groups in total. The summed E-state index contributed by atoms with van der Waals surface area (Å²) in [6.07, 6.45) is 4.42. The van der Waals surface area contributed by atoms with Crippen molar-refractivity contribution in [3.05, 3.63) is 0 Å². The van der Waals surface area contributed by atoms with Crippen molar-refractivity contribution in [3.8, 4) is 6.07 Å². The number of rotatable bonds is 7. The van der Waals surface area contributed by atoms with Crippen LogP contribution in [0.2, 0.25) is 0 Å². The Kier molecular flexibility index (Phi) is 4.37. The van der Waals surface area contributed by atoms with E-state index in [1.54, 1.807) is 0 Å². The minimum absolute atomic E-state index is 0.364. The predicted octanol–water partition coefficient (Wildman–Crippen LogP) is 1.22. The number of nitrogens with one attached hydrogen (secondary N) is 1. The maximum Gasteiger partial charge on any atom is 0.0628 e. The van der Waals surface area contributed by atoms with Gasteiger partial charge in [-0.2, -0.15) is 5.26 Å². The van der Waals surface area contributed by atoms with Gasteiger partial charge in [0.1, 0.15) is 0 Å². The minimum atomic E-state index is 0.364. The van der Waals surface area contributed by atoms with Gasteiger partial charge in [-0.15, -0.1) is 0 Å². The normalized spacial score (nSPS) is 18.1. The zero-order valence-electron chi connectivity index (χ0n) is 9.34. The highest BCUT2D eigenvalue weighted by molar-refractivity contribution is 5.00. The minimum Gasteiger partial charge on any atom is -0.320 e. The van der Waals surface area contributed by atoms with Gasteiger partial charge in [0.15, 0.2) is 0 Å². The van der Waals surface area contributed by atoms with Crippen LogP contribution in [0.25, 0.3) is 0 Å². The first-order valence-electron chi connectivity index (χ1n) is 5.42. The number of hydrogen-bond acceptors (Lipinski definition) is 3. The first-order chi connectivity index (χ1) is 6.72. The lowest BCUT2D eigenvalue weighted by Crippen LogP contribution is -2.29. The van der Waals surface area contributed by atoms with Crippen LogP contribution in [0.3, 0.4) is 0 Å². The van der Waals surface area contributed by atoms with E-state index < -0.39 is 0 Å². The van der Waals surface area contributed by atoms with Crippen molar-refractivity contribution in [1.82, 2.24) is 10.2 Å². The molecule has 1 rings (SSSR count). The van der Waals surface area contributed by atoms with E-state index >= 15 is 0 Å². The number of hydrogen-bond donors (Lipinski definition) is 1. The molecular weight excluding hydrogens is 174 g/mol. The molecule has 1 saturated carbocycles. The van der Waals surface area contributed by atoms with Gasteiger partial charge in [0.25, 0.3) is 0 Å². The second-order valence-electron chi connectivity index (χ2n) is 4.53. The Hall–Kier alpha value is -0.590. The van der Waals surface area contributed by atoms with Crippen molar-refractivity contribution in [2.24, 2.45) is 5.41 Å². The van der Waals surface area contributed by atoms with Crippen LogP contribution in [0.4, 0.5) is 0 Å². The fourth-order valence-electron chi connectivity index (χ4n) is 1.91. The van der Waals surface area contributed by atoms with Crippen molar-refractivity contribution in [2.45, 2.75) is 25.7 Å². The predicted molar refractivity (Wildman–Crippen MR) is 57.9 cm³/mol. The highest BCUT2D eigenvalue weighted by atomic mass is 15.1. The zero-order chi connectivity index (χ0) is 10.4. The van der Waals surface area contributed by atoms with Crippen molar-refractivity contribution in [3.63, 3.8) is 0 Å². The topological polar surface area (TPSA) is 39.1 Å². The summed E-state index contributed by atoms with van der Waals surface area (Å²) < 4.78 is 0. The molecule has 0 heterocycles. The average Bonchev–Trinajstić information content (AvgIpc) is 2.86. The van der Waals surface area contributed by atoms with E-state index in [0.29, 0.717) is 5.41 Å². The third-order valence-corrected chi connectivity index (χ3v) is 2.98. The lowest BCUT2D eigenvalue weighted by molar-refractivity contribution is 0.261. The van der Waals surface area contributed by atoms with Crippen LogP contribution in [0.1, 0.15) is 25.7 Å². The second kappa shape index (κ2) is 5.33. The van der Waals surface area contributed by atoms with Crippen LogP contribution in [0.15, 0.2) is 0 Å². The van der Waals surface area contributed by atoms with Crippen LogP contribution in [-0.2, 0) is 0 Å². The smallest absolute Gasteiger partial charge is 0.0628 e. The molecule has 1 aliphatic carbocycles. The van der Waals surface area contributed by atoms with Gasteiger partial charge in [0.2, 0.25) is 0 Å². The van der Waals surface area contributed by atoms with Crippen LogP contribution in [0.5, 0.6) is 0 Å². The molecule has 0 aromatic carbocycles. The second-order valence-corrected chi connectivity index (χ2v) is 4.53. The largest absolute Gasteiger partial charge is 0.320 e. The van der Waals surface area contributed by atoms with Crippen molar-refractivity contribution in [1.29, 1.82) is 5.26 Å². The molecule has 3 nitrogen and oxygen atoms in total. The SMILES string of the molecule is CNCCCN(C)CC1(CC#N)CC1. The lowest BCUT2D eigenvalue weighted by Gasteiger charge is -2.21. The molecule has 0 aromatic heterocycles. The highest BCUT2D eigenvalue weighted by Crippen LogP contribution is 2.48. The molecule has 0 aliphatic heterocycles. The maximum atomic E-state index is 8.69. The Morgan fingerprint density at radius 2 is 2.21 bits per heavy atom. The van der Waals surface area contributed by atoms with Crippen LogP contribution in [0, 0.1) is 16.7 Å². The molecule has 0 spiro atoms. The van der Waals surface area contributed by atoms with Gasteiger partial charge in [-0.3, -0.25) is 0 Å². The number of nitriles is 1. The monoisotopic (exact) mass is 195 g/mol. The Balaban J connectivity index is 2.14. The van der Waals surface area contributed by atoms with E-state index in [2.05, 4.69) is 23.3 Å². The summed E-state index contributed by atoms with van der Waals surface area (Å²) in [6.45, 7) is 3.31. The molecule has 0 atom stereocenters. The summed E-state index contributed by atoms with van der Waals surface area (Å²) in [7, 11) is 4.14. The lowest BCUT2D eigenvalue weighted by atomic mass is 10.0. The van der Waals surface area contributed by atoms with Crippen molar-refractivity contribution >= 4 is 0 Å². The first kappa shape index (κ1) is 11.5. The van der Waals surface area contributed by atoms with Gasteiger partial charge in [-0.25, -0.2) is 0 Å². The summed E-state index contributed by atoms with van der Waals surface area (Å²) in [5.74, 6) is 0. The maximum absolute atomic E-state index is 8.69. The fourth-order valence-corrected chi connectivity index (χ4v) is 1.91. The highest BCUT2D eigenvalue weighted by Gasteiger charge is 2.42. The van der Waals surface area contributed by atoms with Crippen molar-refractivity contribution < 1.29 is 0 Å². The van der Waals surface area contributed by atoms with Gasteiger partial charge in [-0.05, 0) is 51.9 Å². The Morgan fingerprint density at radius 1 is 1.50 bits per heavy atom. The molecular formula is C11H21N3. The quantitative estimate of drug-likeness (QED) is 0.621. The summed E-state index contributed by atoms with van der Waals surface area (Å²) in [5, 5.41) is 11.8. The van der Waals surface area contributed by atoms with E-state index in [4.69, 9.17) is 5.26 Å². The summed E-state index contributed by atoms with van der Waals surface area (Å²) in [6, 6.07) is 2.30. The standard InChI is InChI=1S/C11H21N3/c1-13-8-3-9-14(2)10-11(4-5-11)6-7-12/h13H,3-6,8-10H2,1-2H3. The molecule has 3 heteroatoms. The van der Waals surface area contributed by atoms with E-state index in [1.165, 1.54) is 19.3 Å². The van der Waals surface area contributed by atoms with Gasteiger partial charge in [0, 0.05) is 13.0 Å². The van der Waals surface area contributed by atoms with Crippen molar-refractivity contribution in [2.75, 3.05) is 33.7 Å². The molecule has 1 aliphatic rings. The van der Waals surface area contributed by atoms with Gasteiger partial charge in [-0.1, -0.05) is 0 Å². The molecule has 1 fully saturated rings. The molecule has 80 valence electrons. The molecule has 0 bridgehead atoms. The molecule has 0 radical (unpaired) electrons. The number of nitrogens with zero attached hydrogens (tertiary/aromatic N) is 2. The van der Waals surface area contributed by atoms with Gasteiger partial charge in [0.05, 0.1) is 6.07 Å². The molecule has 0 aromatic rings. The van der Waals surface area contributed by atoms with E-state index in [9.17, 15) is 0 Å². The average molecular weight is 195 g/mol. The van der Waals surface area contributed by atoms with Gasteiger partial charge >= 0.3 is 0 Å². The van der Waals surface area contributed by atoms with Gasteiger partial charge < -0.3 is 10.2 Å². The molecule has 0 saturated heterocycles.